The van der Waals surface area contributed by atoms with Crippen LogP contribution in [-0.4, -0.2) is 31.0 Å². The zero-order chi connectivity index (χ0) is 22.0. The monoisotopic (exact) mass is 481 g/mol. The molecule has 0 aliphatic carbocycles. The first-order valence-electron chi connectivity index (χ1n) is 10.8. The molecule has 1 aliphatic heterocycles. The molecule has 3 aromatic rings. The van der Waals surface area contributed by atoms with E-state index in [1.807, 2.05) is 30.9 Å². The number of fused-ring (bicyclic) bond motifs is 1. The van der Waals surface area contributed by atoms with Crippen molar-refractivity contribution < 1.29 is 13.9 Å². The molecule has 0 bridgehead atoms. The van der Waals surface area contributed by atoms with Gasteiger partial charge in [-0.3, -0.25) is 4.79 Å². The highest BCUT2D eigenvalue weighted by Crippen LogP contribution is 2.41. The summed E-state index contributed by atoms with van der Waals surface area (Å²) >= 11 is 3.56. The Bertz CT molecular complexity index is 1140. The molecule has 2 aromatic carbocycles. The predicted octanol–water partition coefficient (Wildman–Crippen LogP) is 6.99. The number of hydrogen-bond acceptors (Lipinski definition) is 3. The van der Waals surface area contributed by atoms with Crippen molar-refractivity contribution in [2.75, 3.05) is 20.2 Å². The maximum absolute atomic E-state index is 12.9. The minimum absolute atomic E-state index is 0.0820. The van der Waals surface area contributed by atoms with Crippen LogP contribution in [0.25, 0.3) is 27.7 Å². The molecule has 0 unspecified atom stereocenters. The number of allylic oxidation sites excluding steroid dienone is 1. The molecular weight excluding hydrogens is 454 g/mol. The quantitative estimate of drug-likeness (QED) is 0.377. The number of furan rings is 1. The average molecular weight is 482 g/mol. The molecule has 0 saturated carbocycles. The zero-order valence-electron chi connectivity index (χ0n) is 18.3. The number of methoxy groups -OCH3 is 1. The highest BCUT2D eigenvalue weighted by molar-refractivity contribution is 9.10. The van der Waals surface area contributed by atoms with E-state index < -0.39 is 0 Å². The summed E-state index contributed by atoms with van der Waals surface area (Å²) in [4.78, 5) is 14.9. The summed E-state index contributed by atoms with van der Waals surface area (Å²) in [5.74, 6) is 0.832. The molecule has 1 fully saturated rings. The smallest absolute Gasteiger partial charge is 0.246 e. The van der Waals surface area contributed by atoms with Crippen LogP contribution in [0.15, 0.2) is 51.6 Å². The van der Waals surface area contributed by atoms with Gasteiger partial charge in [0.15, 0.2) is 0 Å². The van der Waals surface area contributed by atoms with E-state index in [4.69, 9.17) is 9.15 Å². The van der Waals surface area contributed by atoms with Crippen LogP contribution in [0.5, 0.6) is 5.75 Å². The summed E-state index contributed by atoms with van der Waals surface area (Å²) in [7, 11) is 1.67. The summed E-state index contributed by atoms with van der Waals surface area (Å²) in [6.07, 6.45) is 8.12. The lowest BCUT2D eigenvalue weighted by molar-refractivity contribution is -0.125. The molecular formula is C26H28BrNO3. The molecule has 1 aromatic heterocycles. The van der Waals surface area contributed by atoms with Gasteiger partial charge in [-0.15, -0.1) is 0 Å². The third kappa shape index (κ3) is 4.42. The van der Waals surface area contributed by atoms with E-state index in [-0.39, 0.29) is 5.91 Å². The van der Waals surface area contributed by atoms with Crippen LogP contribution in [0.3, 0.4) is 0 Å². The molecule has 0 spiro atoms. The Balaban J connectivity index is 1.79. The Morgan fingerprint density at radius 2 is 1.90 bits per heavy atom. The lowest BCUT2D eigenvalue weighted by Gasteiger charge is -2.19. The number of nitrogens with zero attached hydrogens (tertiary/aromatic N) is 1. The van der Waals surface area contributed by atoms with Crippen molar-refractivity contribution in [1.82, 2.24) is 4.90 Å². The normalized spacial score (nSPS) is 15.2. The second-order valence-corrected chi connectivity index (χ2v) is 9.10. The fourth-order valence-corrected chi connectivity index (χ4v) is 4.80. The average Bonchev–Trinajstić information content (AvgIpc) is 2.99. The van der Waals surface area contributed by atoms with Gasteiger partial charge >= 0.3 is 0 Å². The number of halogens is 1. The van der Waals surface area contributed by atoms with Crippen molar-refractivity contribution in [2.24, 2.45) is 0 Å². The van der Waals surface area contributed by atoms with E-state index in [1.165, 1.54) is 12.8 Å². The fraction of sp³-hybridized carbons (Fsp3) is 0.346. The molecule has 0 radical (unpaired) electrons. The fourth-order valence-electron chi connectivity index (χ4n) is 4.40. The SMILES string of the molecule is COc1c(/C(C)=C/C(=O)N2CCCCCC2)cc2c(-c3cccc(Br)c3)coc2c1C. The molecule has 1 saturated heterocycles. The van der Waals surface area contributed by atoms with Crippen LogP contribution in [0.2, 0.25) is 0 Å². The van der Waals surface area contributed by atoms with Gasteiger partial charge in [0, 0.05) is 45.7 Å². The van der Waals surface area contributed by atoms with Gasteiger partial charge in [0.2, 0.25) is 5.91 Å². The summed E-state index contributed by atoms with van der Waals surface area (Å²) in [6.45, 7) is 5.67. The first kappa shape index (κ1) is 21.7. The number of ether oxygens (including phenoxy) is 1. The maximum atomic E-state index is 12.9. The lowest BCUT2D eigenvalue weighted by atomic mass is 9.96. The van der Waals surface area contributed by atoms with E-state index in [0.717, 1.165) is 74.9 Å². The number of carbonyl (C=O) groups excluding carboxylic acids is 1. The van der Waals surface area contributed by atoms with Crippen LogP contribution < -0.4 is 4.74 Å². The van der Waals surface area contributed by atoms with Crippen molar-refractivity contribution in [3.8, 4) is 16.9 Å². The van der Waals surface area contributed by atoms with E-state index in [2.05, 4.69) is 34.1 Å². The number of rotatable bonds is 4. The van der Waals surface area contributed by atoms with Gasteiger partial charge in [0.05, 0.1) is 13.4 Å². The van der Waals surface area contributed by atoms with E-state index >= 15 is 0 Å². The van der Waals surface area contributed by atoms with Crippen LogP contribution >= 0.6 is 15.9 Å². The minimum Gasteiger partial charge on any atom is -0.496 e. The minimum atomic E-state index is 0.0820. The molecule has 5 heteroatoms. The molecule has 31 heavy (non-hydrogen) atoms. The Kier molecular flexibility index (Phi) is 6.51. The summed E-state index contributed by atoms with van der Waals surface area (Å²) in [5, 5.41) is 1.02. The Hall–Kier alpha value is -2.53. The van der Waals surface area contributed by atoms with Gasteiger partial charge in [-0.05, 0) is 56.0 Å². The van der Waals surface area contributed by atoms with E-state index in [9.17, 15) is 4.79 Å². The Morgan fingerprint density at radius 3 is 2.58 bits per heavy atom. The highest BCUT2D eigenvalue weighted by Gasteiger charge is 2.20. The molecule has 4 nitrogen and oxygen atoms in total. The van der Waals surface area contributed by atoms with Gasteiger partial charge in [0.25, 0.3) is 0 Å². The van der Waals surface area contributed by atoms with Crippen molar-refractivity contribution in [2.45, 2.75) is 39.5 Å². The number of carbonyl (C=O) groups is 1. The van der Waals surface area contributed by atoms with Crippen LogP contribution in [0.4, 0.5) is 0 Å². The molecule has 2 heterocycles. The molecule has 1 aliphatic rings. The molecule has 0 atom stereocenters. The number of aryl methyl sites for hydroxylation is 1. The largest absolute Gasteiger partial charge is 0.496 e. The van der Waals surface area contributed by atoms with Crippen LogP contribution in [-0.2, 0) is 4.79 Å². The zero-order valence-corrected chi connectivity index (χ0v) is 19.9. The van der Waals surface area contributed by atoms with E-state index in [1.54, 1.807) is 19.4 Å². The summed E-state index contributed by atoms with van der Waals surface area (Å²) in [6, 6.07) is 10.3. The third-order valence-electron chi connectivity index (χ3n) is 6.07. The van der Waals surface area contributed by atoms with Crippen LogP contribution in [0, 0.1) is 6.92 Å². The molecule has 0 N–H and O–H groups in total. The molecule has 162 valence electrons. The van der Waals surface area contributed by atoms with Gasteiger partial charge < -0.3 is 14.1 Å². The van der Waals surface area contributed by atoms with Gasteiger partial charge in [-0.2, -0.15) is 0 Å². The second-order valence-electron chi connectivity index (χ2n) is 8.19. The number of likely N-dealkylation sites (tertiary alicyclic amines) is 1. The Morgan fingerprint density at radius 1 is 1.16 bits per heavy atom. The lowest BCUT2D eigenvalue weighted by Crippen LogP contribution is -2.30. The van der Waals surface area contributed by atoms with E-state index in [0.29, 0.717) is 0 Å². The third-order valence-corrected chi connectivity index (χ3v) is 6.56. The maximum Gasteiger partial charge on any atom is 0.246 e. The molecule has 4 rings (SSSR count). The van der Waals surface area contributed by atoms with Crippen molar-refractivity contribution in [3.63, 3.8) is 0 Å². The van der Waals surface area contributed by atoms with Gasteiger partial charge in [0.1, 0.15) is 11.3 Å². The standard InChI is InChI=1S/C26H28BrNO3/c1-17(13-24(29)28-11-6-4-5-7-12-28)21-15-22-23(19-9-8-10-20(27)14-19)16-31-26(22)18(2)25(21)30-3/h8-10,13-16H,4-7,11-12H2,1-3H3/b17-13+. The first-order chi connectivity index (χ1) is 15.0. The van der Waals surface area contributed by atoms with Crippen molar-refractivity contribution in [1.29, 1.82) is 0 Å². The summed E-state index contributed by atoms with van der Waals surface area (Å²) in [5.41, 5.74) is 5.67. The van der Waals surface area contributed by atoms with Gasteiger partial charge in [-0.25, -0.2) is 0 Å². The van der Waals surface area contributed by atoms with Crippen molar-refractivity contribution in [3.05, 3.63) is 58.3 Å². The van der Waals surface area contributed by atoms with Crippen molar-refractivity contribution >= 4 is 38.4 Å². The second kappa shape index (κ2) is 9.31. The number of benzene rings is 2. The summed E-state index contributed by atoms with van der Waals surface area (Å²) < 4.78 is 12.7. The highest BCUT2D eigenvalue weighted by atomic mass is 79.9. The first-order valence-corrected chi connectivity index (χ1v) is 11.6. The number of amides is 1. The number of hydrogen-bond donors (Lipinski definition) is 0. The topological polar surface area (TPSA) is 42.7 Å². The predicted molar refractivity (Wildman–Crippen MR) is 129 cm³/mol. The van der Waals surface area contributed by atoms with Gasteiger partial charge in [-0.1, -0.05) is 40.9 Å². The molecule has 1 amide bonds. The Labute approximate surface area is 192 Å². The van der Waals surface area contributed by atoms with Crippen LogP contribution in [0.1, 0.15) is 43.7 Å².